The molecule has 2 rings (SSSR count). The minimum absolute atomic E-state index is 0.0994. The highest BCUT2D eigenvalue weighted by molar-refractivity contribution is 7.86. The van der Waals surface area contributed by atoms with Gasteiger partial charge < -0.3 is 19.5 Å². The molecule has 0 bridgehead atoms. The minimum atomic E-state index is -4.22. The third kappa shape index (κ3) is 7.85. The van der Waals surface area contributed by atoms with Crippen molar-refractivity contribution in [2.24, 2.45) is 0 Å². The SMILES string of the molecule is C=CCN(C(C)=O)[C@@H]1[C@@H](OC(=O)c2ccccc2)[C@H](OS(C)(=O)=O)[C@@H](COS(C)(=O)=O)O[C@@H]1O. The Balaban J connectivity index is 2.56. The van der Waals surface area contributed by atoms with Gasteiger partial charge in [0.05, 0.1) is 24.7 Å². The van der Waals surface area contributed by atoms with E-state index in [0.29, 0.717) is 0 Å². The highest BCUT2D eigenvalue weighted by atomic mass is 32.2. The Bertz CT molecular complexity index is 1090. The molecule has 1 aromatic rings. The number of benzene rings is 1. The second-order valence-electron chi connectivity index (χ2n) is 7.51. The van der Waals surface area contributed by atoms with E-state index < -0.39 is 69.4 Å². The quantitative estimate of drug-likeness (QED) is 0.243. The van der Waals surface area contributed by atoms with E-state index in [9.17, 15) is 31.5 Å². The van der Waals surface area contributed by atoms with Gasteiger partial charge in [-0.05, 0) is 12.1 Å². The first kappa shape index (κ1) is 27.9. The molecule has 5 atom stereocenters. The number of nitrogens with zero attached hydrogens (tertiary/aromatic N) is 1. The van der Waals surface area contributed by atoms with Crippen LogP contribution in [0.3, 0.4) is 0 Å². The van der Waals surface area contributed by atoms with Crippen LogP contribution in [0.25, 0.3) is 0 Å². The number of hydrogen-bond acceptors (Lipinski definition) is 11. The lowest BCUT2D eigenvalue weighted by atomic mass is 9.95. The number of carbonyl (C=O) groups excluding carboxylic acids is 2. The van der Waals surface area contributed by atoms with Gasteiger partial charge >= 0.3 is 5.97 Å². The molecule has 0 aliphatic carbocycles. The molecule has 1 aliphatic rings. The summed E-state index contributed by atoms with van der Waals surface area (Å²) in [7, 11) is -8.22. The predicted molar refractivity (Wildman–Crippen MR) is 118 cm³/mol. The van der Waals surface area contributed by atoms with Gasteiger partial charge in [0.15, 0.2) is 12.4 Å². The highest BCUT2D eigenvalue weighted by Gasteiger charge is 2.53. The van der Waals surface area contributed by atoms with Crippen LogP contribution in [0.15, 0.2) is 43.0 Å². The molecule has 0 radical (unpaired) electrons. The molecule has 1 fully saturated rings. The first-order valence-electron chi connectivity index (χ1n) is 9.94. The summed E-state index contributed by atoms with van der Waals surface area (Å²) in [5, 5.41) is 10.7. The van der Waals surface area contributed by atoms with E-state index in [4.69, 9.17) is 17.8 Å². The lowest BCUT2D eigenvalue weighted by molar-refractivity contribution is -0.262. The second-order valence-corrected chi connectivity index (χ2v) is 10.7. The smallest absolute Gasteiger partial charge is 0.338 e. The van der Waals surface area contributed by atoms with Crippen molar-refractivity contribution in [2.75, 3.05) is 25.7 Å². The topological polar surface area (TPSA) is 163 Å². The molecule has 1 N–H and O–H groups in total. The van der Waals surface area contributed by atoms with Gasteiger partial charge in [-0.1, -0.05) is 24.3 Å². The zero-order chi connectivity index (χ0) is 25.7. The number of hydrogen-bond donors (Lipinski definition) is 1. The second kappa shape index (κ2) is 11.4. The van der Waals surface area contributed by atoms with E-state index in [-0.39, 0.29) is 12.1 Å². The molecule has 12 nitrogen and oxygen atoms in total. The van der Waals surface area contributed by atoms with E-state index in [2.05, 4.69) is 6.58 Å². The maximum atomic E-state index is 12.8. The number of ether oxygens (including phenoxy) is 2. The molecule has 1 aliphatic heterocycles. The van der Waals surface area contributed by atoms with Crippen LogP contribution in [-0.4, -0.2) is 95.0 Å². The fraction of sp³-hybridized carbons (Fsp3) is 0.500. The minimum Gasteiger partial charge on any atom is -0.453 e. The van der Waals surface area contributed by atoms with Crippen molar-refractivity contribution in [3.8, 4) is 0 Å². The molecule has 1 saturated heterocycles. The molecule has 1 heterocycles. The number of amides is 1. The average molecular weight is 522 g/mol. The van der Waals surface area contributed by atoms with Gasteiger partial charge in [-0.25, -0.2) is 4.79 Å². The van der Waals surface area contributed by atoms with Gasteiger partial charge in [-0.15, -0.1) is 6.58 Å². The zero-order valence-electron chi connectivity index (χ0n) is 18.8. The predicted octanol–water partition coefficient (Wildman–Crippen LogP) is -0.347. The van der Waals surface area contributed by atoms with Crippen molar-refractivity contribution in [3.05, 3.63) is 48.6 Å². The van der Waals surface area contributed by atoms with Crippen LogP contribution < -0.4 is 0 Å². The van der Waals surface area contributed by atoms with Gasteiger partial charge in [0.2, 0.25) is 5.91 Å². The fourth-order valence-electron chi connectivity index (χ4n) is 3.38. The van der Waals surface area contributed by atoms with Gasteiger partial charge in [0, 0.05) is 13.5 Å². The van der Waals surface area contributed by atoms with Crippen LogP contribution in [0.4, 0.5) is 0 Å². The first-order chi connectivity index (χ1) is 15.7. The molecule has 0 spiro atoms. The summed E-state index contributed by atoms with van der Waals surface area (Å²) in [6.45, 7) is 3.85. The van der Waals surface area contributed by atoms with E-state index in [1.54, 1.807) is 18.2 Å². The number of aliphatic hydroxyl groups is 1. The molecule has 1 amide bonds. The van der Waals surface area contributed by atoms with Crippen molar-refractivity contribution < 1.29 is 49.4 Å². The first-order valence-corrected chi connectivity index (χ1v) is 13.6. The van der Waals surface area contributed by atoms with Crippen LogP contribution in [0, 0.1) is 0 Å². The molecule has 34 heavy (non-hydrogen) atoms. The number of rotatable bonds is 10. The number of aliphatic hydroxyl groups excluding tert-OH is 1. The van der Waals surface area contributed by atoms with E-state index in [1.807, 2.05) is 0 Å². The Hall–Kier alpha value is -2.36. The van der Waals surface area contributed by atoms with Gasteiger partial charge in [0.1, 0.15) is 18.2 Å². The van der Waals surface area contributed by atoms with E-state index in [1.165, 1.54) is 25.1 Å². The molecule has 0 unspecified atom stereocenters. The lowest BCUT2D eigenvalue weighted by Crippen LogP contribution is -2.67. The van der Waals surface area contributed by atoms with Crippen molar-refractivity contribution in [1.82, 2.24) is 4.90 Å². The largest absolute Gasteiger partial charge is 0.453 e. The summed E-state index contributed by atoms with van der Waals surface area (Å²) in [5.41, 5.74) is 0.0994. The molecule has 1 aromatic carbocycles. The zero-order valence-corrected chi connectivity index (χ0v) is 20.4. The number of carbonyl (C=O) groups is 2. The Morgan fingerprint density at radius 2 is 1.74 bits per heavy atom. The Labute approximate surface area is 198 Å². The third-order valence-corrected chi connectivity index (χ3v) is 5.84. The Kier molecular flexibility index (Phi) is 9.33. The summed E-state index contributed by atoms with van der Waals surface area (Å²) < 4.78 is 67.8. The van der Waals surface area contributed by atoms with Crippen molar-refractivity contribution in [2.45, 2.75) is 37.6 Å². The van der Waals surface area contributed by atoms with Gasteiger partial charge in [-0.3, -0.25) is 13.2 Å². The standard InChI is InChI=1S/C20H27NO11S2/c1-5-11-21(13(2)22)16-18(31-19(23)14-9-7-6-8-10-14)17(32-34(4,27)28)15(30-20(16)24)12-29-33(3,25)26/h5-10,15-18,20,24H,1,11-12H2,2-4H3/t15-,16-,17-,18-,20+/m1/s1. The molecule has 190 valence electrons. The van der Waals surface area contributed by atoms with Gasteiger partial charge in [0.25, 0.3) is 20.2 Å². The molecule has 0 saturated carbocycles. The molecule has 14 heteroatoms. The van der Waals surface area contributed by atoms with Crippen molar-refractivity contribution in [3.63, 3.8) is 0 Å². The Morgan fingerprint density at radius 3 is 2.24 bits per heavy atom. The molecular formula is C20H27NO11S2. The van der Waals surface area contributed by atoms with E-state index >= 15 is 0 Å². The summed E-state index contributed by atoms with van der Waals surface area (Å²) in [6, 6.07) is 6.25. The van der Waals surface area contributed by atoms with Crippen LogP contribution in [0.1, 0.15) is 17.3 Å². The highest BCUT2D eigenvalue weighted by Crippen LogP contribution is 2.31. The normalized spacial score (nSPS) is 25.4. The average Bonchev–Trinajstić information content (AvgIpc) is 2.72. The fourth-order valence-corrected chi connectivity index (χ4v) is 4.40. The third-order valence-electron chi connectivity index (χ3n) is 4.71. The maximum Gasteiger partial charge on any atom is 0.338 e. The van der Waals surface area contributed by atoms with Crippen molar-refractivity contribution in [1.29, 1.82) is 0 Å². The van der Waals surface area contributed by atoms with Crippen LogP contribution in [0.2, 0.25) is 0 Å². The Morgan fingerprint density at radius 1 is 1.12 bits per heavy atom. The van der Waals surface area contributed by atoms with Gasteiger partial charge in [-0.2, -0.15) is 16.8 Å². The number of esters is 1. The molecule has 0 aromatic heterocycles. The monoisotopic (exact) mass is 521 g/mol. The summed E-state index contributed by atoms with van der Waals surface area (Å²) in [5.74, 6) is -1.48. The van der Waals surface area contributed by atoms with Crippen molar-refractivity contribution >= 4 is 32.1 Å². The van der Waals surface area contributed by atoms with Crippen LogP contribution in [0.5, 0.6) is 0 Å². The summed E-state index contributed by atoms with van der Waals surface area (Å²) in [4.78, 5) is 26.2. The van der Waals surface area contributed by atoms with Crippen LogP contribution >= 0.6 is 0 Å². The maximum absolute atomic E-state index is 12.8. The lowest BCUT2D eigenvalue weighted by Gasteiger charge is -2.47. The molecular weight excluding hydrogens is 494 g/mol. The van der Waals surface area contributed by atoms with E-state index in [0.717, 1.165) is 17.4 Å². The summed E-state index contributed by atoms with van der Waals surface area (Å²) >= 11 is 0. The van der Waals surface area contributed by atoms with Crippen LogP contribution in [-0.2, 0) is 42.9 Å². The summed E-state index contributed by atoms with van der Waals surface area (Å²) in [6.07, 6.45) is -3.80.